The minimum atomic E-state index is -1.10. The number of hydrogen-bond acceptors (Lipinski definition) is 6. The van der Waals surface area contributed by atoms with Gasteiger partial charge in [0.25, 0.3) is 0 Å². The highest BCUT2D eigenvalue weighted by Gasteiger charge is 2.29. The van der Waals surface area contributed by atoms with E-state index >= 15 is 0 Å². The number of phenolic OH excluding ortho intramolecular Hbond substituents is 1. The van der Waals surface area contributed by atoms with Crippen LogP contribution in [0.5, 0.6) is 11.5 Å². The van der Waals surface area contributed by atoms with E-state index in [1.165, 1.54) is 18.3 Å². The van der Waals surface area contributed by atoms with Crippen molar-refractivity contribution >= 4 is 5.91 Å². The van der Waals surface area contributed by atoms with E-state index in [1.54, 1.807) is 10.6 Å². The van der Waals surface area contributed by atoms with E-state index in [4.69, 9.17) is 9.84 Å². The van der Waals surface area contributed by atoms with Crippen LogP contribution in [0.1, 0.15) is 35.8 Å². The highest BCUT2D eigenvalue weighted by atomic mass is 16.5. The number of ether oxygens (including phenoxy) is 1. The molecule has 2 heterocycles. The van der Waals surface area contributed by atoms with Crippen LogP contribution in [0.3, 0.4) is 0 Å². The molecule has 1 amide bonds. The molecule has 2 N–H and O–H groups in total. The van der Waals surface area contributed by atoms with Gasteiger partial charge in [0.1, 0.15) is 12.2 Å². The predicted molar refractivity (Wildman–Crippen MR) is 98.1 cm³/mol. The lowest BCUT2D eigenvalue weighted by Crippen LogP contribution is -2.28. The molecule has 3 rings (SSSR count). The van der Waals surface area contributed by atoms with Crippen molar-refractivity contribution in [3.05, 3.63) is 50.7 Å². The Hall–Kier alpha value is -3.00. The van der Waals surface area contributed by atoms with Crippen LogP contribution >= 0.6 is 0 Å². The molecule has 0 radical (unpaired) electrons. The van der Waals surface area contributed by atoms with Crippen molar-refractivity contribution in [2.24, 2.45) is 11.1 Å². The van der Waals surface area contributed by atoms with E-state index < -0.39 is 11.3 Å². The quantitative estimate of drug-likeness (QED) is 0.777. The monoisotopic (exact) mass is 372 g/mol. The fraction of sp³-hybridized carbons (Fsp3) is 0.368. The number of aromatic nitrogens is 1. The molecule has 0 spiro atoms. The summed E-state index contributed by atoms with van der Waals surface area (Å²) in [7, 11) is 0. The van der Waals surface area contributed by atoms with Gasteiger partial charge in [0, 0.05) is 29.0 Å². The Morgan fingerprint density at radius 1 is 1.37 bits per heavy atom. The molecule has 8 nitrogen and oxygen atoms in total. The number of aliphatic hydroxyl groups is 1. The van der Waals surface area contributed by atoms with Gasteiger partial charge in [0.15, 0.2) is 16.9 Å². The fourth-order valence-corrected chi connectivity index (χ4v) is 3.42. The van der Waals surface area contributed by atoms with Crippen molar-refractivity contribution < 1.29 is 19.7 Å². The first-order chi connectivity index (χ1) is 12.9. The topological polar surface area (TPSA) is 118 Å². The first kappa shape index (κ1) is 18.8. The molecule has 0 saturated carbocycles. The summed E-state index contributed by atoms with van der Waals surface area (Å²) in [6, 6.07) is 4.43. The van der Waals surface area contributed by atoms with E-state index in [2.05, 4.69) is 5.18 Å². The number of aromatic hydroxyl groups is 1. The van der Waals surface area contributed by atoms with Crippen molar-refractivity contribution in [2.75, 3.05) is 13.2 Å². The van der Waals surface area contributed by atoms with Crippen molar-refractivity contribution in [1.29, 1.82) is 0 Å². The van der Waals surface area contributed by atoms with Gasteiger partial charge in [-0.25, -0.2) is 0 Å². The molecule has 27 heavy (non-hydrogen) atoms. The molecule has 1 aliphatic rings. The number of nitroso groups, excluding NO2 is 1. The Labute approximate surface area is 155 Å². The van der Waals surface area contributed by atoms with E-state index in [9.17, 15) is 19.6 Å². The minimum absolute atomic E-state index is 0.0557. The second kappa shape index (κ2) is 7.32. The van der Waals surface area contributed by atoms with E-state index in [0.29, 0.717) is 17.7 Å². The summed E-state index contributed by atoms with van der Waals surface area (Å²) in [6.07, 6.45) is 1.96. The van der Waals surface area contributed by atoms with Crippen LogP contribution in [0.4, 0.5) is 0 Å². The van der Waals surface area contributed by atoms with Crippen LogP contribution in [0, 0.1) is 10.8 Å². The summed E-state index contributed by atoms with van der Waals surface area (Å²) in [5.41, 5.74) is 1.21. The van der Waals surface area contributed by atoms with Gasteiger partial charge in [0.05, 0.1) is 12.3 Å². The number of phenols is 1. The largest absolute Gasteiger partial charge is 0.504 e. The molecule has 0 fully saturated rings. The second-order valence-electron chi connectivity index (χ2n) is 6.80. The summed E-state index contributed by atoms with van der Waals surface area (Å²) in [5.74, 6) is -0.779. The van der Waals surface area contributed by atoms with Crippen molar-refractivity contribution in [2.45, 2.75) is 26.3 Å². The van der Waals surface area contributed by atoms with Crippen LogP contribution in [-0.4, -0.2) is 33.9 Å². The Morgan fingerprint density at radius 2 is 2.11 bits per heavy atom. The molecule has 2 aromatic rings. The van der Waals surface area contributed by atoms with E-state index in [1.807, 2.05) is 13.8 Å². The van der Waals surface area contributed by atoms with Gasteiger partial charge in [-0.05, 0) is 30.0 Å². The van der Waals surface area contributed by atoms with Gasteiger partial charge in [-0.2, -0.15) is 0 Å². The third-order valence-corrected chi connectivity index (χ3v) is 4.76. The van der Waals surface area contributed by atoms with Crippen LogP contribution in [0.15, 0.2) is 34.4 Å². The smallest absolute Gasteiger partial charge is 0.322 e. The number of rotatable bonds is 5. The zero-order valence-corrected chi connectivity index (χ0v) is 15.0. The molecule has 8 heteroatoms. The third-order valence-electron chi connectivity index (χ3n) is 4.76. The fourth-order valence-electron chi connectivity index (χ4n) is 3.42. The number of hydrogen-bond donors (Lipinski definition) is 2. The highest BCUT2D eigenvalue weighted by molar-refractivity contribution is 5.94. The van der Waals surface area contributed by atoms with Crippen molar-refractivity contribution in [3.8, 4) is 22.8 Å². The van der Waals surface area contributed by atoms with Gasteiger partial charge >= 0.3 is 5.91 Å². The Kier molecular flexibility index (Phi) is 5.09. The Bertz CT molecular complexity index is 963. The van der Waals surface area contributed by atoms with Crippen LogP contribution in [-0.2, 0) is 6.42 Å². The summed E-state index contributed by atoms with van der Waals surface area (Å²) in [4.78, 5) is 34.6. The first-order valence-electron chi connectivity index (χ1n) is 8.61. The van der Waals surface area contributed by atoms with E-state index in [0.717, 1.165) is 5.56 Å². The Balaban J connectivity index is 2.21. The maximum atomic E-state index is 12.3. The van der Waals surface area contributed by atoms with Crippen LogP contribution in [0.25, 0.3) is 11.3 Å². The molecule has 1 atom stereocenters. The average Bonchev–Trinajstić information content (AvgIpc) is 2.64. The number of benzene rings is 1. The van der Waals surface area contributed by atoms with Gasteiger partial charge in [-0.1, -0.05) is 13.8 Å². The van der Waals surface area contributed by atoms with Gasteiger partial charge in [-0.3, -0.25) is 9.59 Å². The van der Waals surface area contributed by atoms with Crippen LogP contribution < -0.4 is 10.2 Å². The number of fused-ring (bicyclic) bond motifs is 3. The van der Waals surface area contributed by atoms with E-state index in [-0.39, 0.29) is 42.2 Å². The van der Waals surface area contributed by atoms with Gasteiger partial charge in [0.2, 0.25) is 0 Å². The molecule has 1 aromatic carbocycles. The zero-order valence-electron chi connectivity index (χ0n) is 15.0. The molecule has 142 valence electrons. The molecule has 1 aromatic heterocycles. The molecular formula is C19H20N2O6. The van der Waals surface area contributed by atoms with Gasteiger partial charge < -0.3 is 19.5 Å². The number of carbonyl (C=O) groups excluding carboxylic acids is 1. The third kappa shape index (κ3) is 3.35. The second-order valence-corrected chi connectivity index (χ2v) is 6.80. The number of nitrogens with zero attached hydrogens (tertiary/aromatic N) is 2. The normalized spacial score (nSPS) is 15.2. The maximum Gasteiger partial charge on any atom is 0.322 e. The maximum absolute atomic E-state index is 12.3. The molecular weight excluding hydrogens is 352 g/mol. The number of carbonyl (C=O) groups is 1. The summed E-state index contributed by atoms with van der Waals surface area (Å²) in [5, 5.41) is 21.5. The summed E-state index contributed by atoms with van der Waals surface area (Å²) < 4.78 is 7.16. The molecule has 0 aliphatic carbocycles. The molecule has 0 unspecified atom stereocenters. The summed E-state index contributed by atoms with van der Waals surface area (Å²) in [6.45, 7) is 3.91. The lowest BCUT2D eigenvalue weighted by molar-refractivity contribution is 0.0998. The average molecular weight is 372 g/mol. The SMILES string of the molecule is CC(C)[C@H]1Cc2cc(OCCO)c(O)cc2-c2cc(=O)c(C(=O)N=O)cn21. The first-order valence-corrected chi connectivity index (χ1v) is 8.61. The van der Waals surface area contributed by atoms with Crippen LogP contribution in [0.2, 0.25) is 0 Å². The predicted octanol–water partition coefficient (Wildman–Crippen LogP) is 2.25. The molecule has 1 aliphatic heterocycles. The standard InChI is InChI=1S/C19H20N2O6/c1-10(2)14-5-11-6-18(27-4-3-22)17(24)7-12(11)15-8-16(23)13(9-21(14)15)19(25)20-26/h6-10,14,22,24H,3-5H2,1-2H3/t14-/m1/s1. The summed E-state index contributed by atoms with van der Waals surface area (Å²) >= 11 is 0. The molecule has 0 bridgehead atoms. The lowest BCUT2D eigenvalue weighted by Gasteiger charge is -2.33. The highest BCUT2D eigenvalue weighted by Crippen LogP contribution is 2.42. The van der Waals surface area contributed by atoms with Gasteiger partial charge in [-0.15, -0.1) is 4.91 Å². The van der Waals surface area contributed by atoms with Crippen molar-refractivity contribution in [1.82, 2.24) is 4.57 Å². The number of amides is 1. The minimum Gasteiger partial charge on any atom is -0.504 e. The molecule has 0 saturated heterocycles. The lowest BCUT2D eigenvalue weighted by atomic mass is 9.87. The number of pyridine rings is 1. The van der Waals surface area contributed by atoms with Crippen molar-refractivity contribution in [3.63, 3.8) is 0 Å². The Morgan fingerprint density at radius 3 is 2.74 bits per heavy atom. The zero-order chi connectivity index (χ0) is 19.7. The number of aliphatic hydroxyl groups excluding tert-OH is 1.